The molecule has 9 nitrogen and oxygen atoms in total. The van der Waals surface area contributed by atoms with Crippen molar-refractivity contribution in [1.29, 1.82) is 0 Å². The van der Waals surface area contributed by atoms with Crippen molar-refractivity contribution in [2.45, 2.75) is 4.90 Å². The number of rotatable bonds is 4. The molecule has 3 aromatic rings. The first kappa shape index (κ1) is 17.3. The van der Waals surface area contributed by atoms with Gasteiger partial charge in [0.1, 0.15) is 6.61 Å². The molecule has 0 unspecified atom stereocenters. The molecule has 10 heteroatoms. The molecule has 2 heterocycles. The van der Waals surface area contributed by atoms with Gasteiger partial charge in [0, 0.05) is 17.9 Å². The van der Waals surface area contributed by atoms with Crippen molar-refractivity contribution >= 4 is 38.3 Å². The lowest BCUT2D eigenvalue weighted by Gasteiger charge is -2.26. The number of aromatic amines is 2. The fourth-order valence-electron chi connectivity index (χ4n) is 2.89. The van der Waals surface area contributed by atoms with Crippen LogP contribution in [-0.2, 0) is 19.6 Å². The Kier molecular flexibility index (Phi) is 4.21. The van der Waals surface area contributed by atoms with Crippen LogP contribution in [-0.4, -0.2) is 44.1 Å². The number of benzene rings is 2. The highest BCUT2D eigenvalue weighted by molar-refractivity contribution is 7.92. The summed E-state index contributed by atoms with van der Waals surface area (Å²) in [4.78, 5) is 29.9. The minimum absolute atomic E-state index is 0.0256. The summed E-state index contributed by atoms with van der Waals surface area (Å²) >= 11 is 0. The van der Waals surface area contributed by atoms with Gasteiger partial charge >= 0.3 is 5.69 Å². The number of hydrogen-bond acceptors (Lipinski definition) is 5. The van der Waals surface area contributed by atoms with Gasteiger partial charge < -0.3 is 19.6 Å². The number of H-pyrrole nitrogens is 2. The molecule has 3 N–H and O–H groups in total. The van der Waals surface area contributed by atoms with Gasteiger partial charge in [-0.05, 0) is 42.5 Å². The molecule has 27 heavy (non-hydrogen) atoms. The molecule has 0 atom stereocenters. The second-order valence-electron chi connectivity index (χ2n) is 6.04. The van der Waals surface area contributed by atoms with E-state index in [-0.39, 0.29) is 17.4 Å². The number of nitrogens with zero attached hydrogens (tertiary/aromatic N) is 1. The van der Waals surface area contributed by atoms with Gasteiger partial charge in [0.2, 0.25) is 0 Å². The van der Waals surface area contributed by atoms with E-state index in [4.69, 9.17) is 4.74 Å². The maximum absolute atomic E-state index is 12.6. The highest BCUT2D eigenvalue weighted by Gasteiger charge is 2.20. The Labute approximate surface area is 154 Å². The average molecular weight is 388 g/mol. The fraction of sp³-hybridized carbons (Fsp3) is 0.176. The Balaban J connectivity index is 1.56. The predicted molar refractivity (Wildman–Crippen MR) is 99.3 cm³/mol. The number of ether oxygens (including phenoxy) is 1. The summed E-state index contributed by atoms with van der Waals surface area (Å²) in [7, 11) is -3.83. The lowest BCUT2D eigenvalue weighted by atomic mass is 10.2. The number of anilines is 2. The number of fused-ring (bicyclic) bond motifs is 1. The van der Waals surface area contributed by atoms with Crippen molar-refractivity contribution in [3.05, 3.63) is 52.9 Å². The number of imidazole rings is 1. The second kappa shape index (κ2) is 6.56. The molecule has 0 aliphatic carbocycles. The molecule has 4 rings (SSSR count). The van der Waals surface area contributed by atoms with Crippen LogP contribution in [0.2, 0.25) is 0 Å². The number of carbonyl (C=O) groups is 1. The summed E-state index contributed by atoms with van der Waals surface area (Å²) in [6.07, 6.45) is 0. The highest BCUT2D eigenvalue weighted by Crippen LogP contribution is 2.23. The molecule has 1 aliphatic heterocycles. The van der Waals surface area contributed by atoms with Gasteiger partial charge in [0.05, 0.1) is 22.5 Å². The van der Waals surface area contributed by atoms with Crippen LogP contribution in [0.4, 0.5) is 11.4 Å². The Hall–Kier alpha value is -3.11. The zero-order valence-electron chi connectivity index (χ0n) is 14.1. The summed E-state index contributed by atoms with van der Waals surface area (Å²) < 4.78 is 32.8. The zero-order valence-corrected chi connectivity index (χ0v) is 14.9. The molecule has 0 bridgehead atoms. The average Bonchev–Trinajstić information content (AvgIpc) is 3.02. The van der Waals surface area contributed by atoms with Gasteiger partial charge in [-0.3, -0.25) is 9.52 Å². The van der Waals surface area contributed by atoms with E-state index in [2.05, 4.69) is 14.7 Å². The molecule has 0 spiro atoms. The molecule has 140 valence electrons. The van der Waals surface area contributed by atoms with Crippen molar-refractivity contribution < 1.29 is 17.9 Å². The Morgan fingerprint density at radius 3 is 2.48 bits per heavy atom. The van der Waals surface area contributed by atoms with Crippen LogP contribution in [0.25, 0.3) is 11.0 Å². The second-order valence-corrected chi connectivity index (χ2v) is 7.72. The first-order valence-electron chi connectivity index (χ1n) is 8.15. The minimum Gasteiger partial charge on any atom is -0.370 e. The monoisotopic (exact) mass is 388 g/mol. The van der Waals surface area contributed by atoms with Gasteiger partial charge in [-0.25, -0.2) is 13.2 Å². The van der Waals surface area contributed by atoms with Crippen molar-refractivity contribution in [3.63, 3.8) is 0 Å². The van der Waals surface area contributed by atoms with Crippen LogP contribution in [0.1, 0.15) is 0 Å². The topological polar surface area (TPSA) is 124 Å². The maximum Gasteiger partial charge on any atom is 0.323 e. The Morgan fingerprint density at radius 1 is 1.00 bits per heavy atom. The molecule has 1 saturated heterocycles. The Morgan fingerprint density at radius 2 is 1.74 bits per heavy atom. The van der Waals surface area contributed by atoms with Crippen LogP contribution < -0.4 is 15.3 Å². The number of nitrogens with one attached hydrogen (secondary N) is 3. The summed E-state index contributed by atoms with van der Waals surface area (Å²) in [5.74, 6) is -0.136. The molecule has 1 amide bonds. The highest BCUT2D eigenvalue weighted by atomic mass is 32.2. The van der Waals surface area contributed by atoms with E-state index in [0.717, 1.165) is 0 Å². The number of amides is 1. The third-order valence-corrected chi connectivity index (χ3v) is 5.59. The summed E-state index contributed by atoms with van der Waals surface area (Å²) in [6.45, 7) is 0.959. The largest absolute Gasteiger partial charge is 0.370 e. The number of sulfonamides is 1. The molecule has 1 aliphatic rings. The Bertz CT molecular complexity index is 1160. The molecular weight excluding hydrogens is 372 g/mol. The van der Waals surface area contributed by atoms with Crippen LogP contribution in [0.15, 0.2) is 52.2 Å². The van der Waals surface area contributed by atoms with Gasteiger partial charge in [0.15, 0.2) is 0 Å². The van der Waals surface area contributed by atoms with Gasteiger partial charge in [-0.2, -0.15) is 0 Å². The molecular formula is C17H16N4O5S. The zero-order chi connectivity index (χ0) is 19.0. The van der Waals surface area contributed by atoms with E-state index in [1.165, 1.54) is 18.2 Å². The van der Waals surface area contributed by atoms with Gasteiger partial charge in [0.25, 0.3) is 15.9 Å². The lowest BCUT2D eigenvalue weighted by molar-refractivity contribution is -0.125. The molecule has 1 aromatic heterocycles. The third-order valence-electron chi connectivity index (χ3n) is 4.21. The van der Waals surface area contributed by atoms with E-state index in [9.17, 15) is 18.0 Å². The third kappa shape index (κ3) is 3.44. The van der Waals surface area contributed by atoms with E-state index >= 15 is 0 Å². The molecule has 0 radical (unpaired) electrons. The predicted octanol–water partition coefficient (Wildman–Crippen LogP) is 1.02. The van der Waals surface area contributed by atoms with E-state index in [1.54, 1.807) is 29.2 Å². The summed E-state index contributed by atoms with van der Waals surface area (Å²) in [5.41, 5.74) is 1.57. The summed E-state index contributed by atoms with van der Waals surface area (Å²) in [5, 5.41) is 0. The number of hydrogen-bond donors (Lipinski definition) is 3. The van der Waals surface area contributed by atoms with E-state index in [1.807, 2.05) is 0 Å². The maximum atomic E-state index is 12.6. The van der Waals surface area contributed by atoms with E-state index < -0.39 is 15.7 Å². The first-order valence-corrected chi connectivity index (χ1v) is 9.64. The quantitative estimate of drug-likeness (QED) is 0.615. The van der Waals surface area contributed by atoms with Crippen LogP contribution in [0.3, 0.4) is 0 Å². The van der Waals surface area contributed by atoms with Crippen molar-refractivity contribution in [2.24, 2.45) is 0 Å². The standard InChI is InChI=1S/C17H16N4O5S/c22-16-10-26-8-7-21(16)12-3-1-11(2-4-12)20-27(24,25)13-5-6-14-15(9-13)19-17(23)18-14/h1-6,9,20H,7-8,10H2,(H2,18,19,23). The van der Waals surface area contributed by atoms with Gasteiger partial charge in [-0.15, -0.1) is 0 Å². The molecule has 0 saturated carbocycles. The van der Waals surface area contributed by atoms with Crippen molar-refractivity contribution in [1.82, 2.24) is 9.97 Å². The van der Waals surface area contributed by atoms with E-state index in [0.29, 0.717) is 35.6 Å². The van der Waals surface area contributed by atoms with Crippen molar-refractivity contribution in [2.75, 3.05) is 29.4 Å². The summed E-state index contributed by atoms with van der Waals surface area (Å²) in [6, 6.07) is 10.8. The van der Waals surface area contributed by atoms with Crippen molar-refractivity contribution in [3.8, 4) is 0 Å². The molecule has 2 aromatic carbocycles. The normalized spacial score (nSPS) is 15.3. The number of aromatic nitrogens is 2. The SMILES string of the molecule is O=C1COCCN1c1ccc(NS(=O)(=O)c2ccc3[nH]c(=O)[nH]c3c2)cc1. The minimum atomic E-state index is -3.83. The molecule has 1 fully saturated rings. The smallest absolute Gasteiger partial charge is 0.323 e. The number of morpholine rings is 1. The number of carbonyl (C=O) groups excluding carboxylic acids is 1. The lowest BCUT2D eigenvalue weighted by Crippen LogP contribution is -2.41. The fourth-order valence-corrected chi connectivity index (χ4v) is 3.98. The van der Waals surface area contributed by atoms with Crippen LogP contribution in [0, 0.1) is 0 Å². The van der Waals surface area contributed by atoms with Crippen LogP contribution in [0.5, 0.6) is 0 Å². The first-order chi connectivity index (χ1) is 12.9. The van der Waals surface area contributed by atoms with Gasteiger partial charge in [-0.1, -0.05) is 0 Å². The van der Waals surface area contributed by atoms with Crippen LogP contribution >= 0.6 is 0 Å².